The van der Waals surface area contributed by atoms with Crippen molar-refractivity contribution in [3.63, 3.8) is 0 Å². The largest absolute Gasteiger partial charge is 0.486 e. The zero-order valence-electron chi connectivity index (χ0n) is 19.2. The van der Waals surface area contributed by atoms with Crippen LogP contribution in [0, 0.1) is 5.92 Å². The molecular formula is C24H26F3N5O3. The Morgan fingerprint density at radius 3 is 2.46 bits per heavy atom. The second-order valence-electron chi connectivity index (χ2n) is 8.29. The lowest BCUT2D eigenvalue weighted by Gasteiger charge is -2.21. The number of hydrogen-bond acceptors (Lipinski definition) is 7. The molecule has 186 valence electrons. The molecule has 1 saturated heterocycles. The molecule has 3 aromatic rings. The molecule has 2 aromatic carbocycles. The molecule has 0 unspecified atom stereocenters. The van der Waals surface area contributed by atoms with E-state index >= 15 is 0 Å². The van der Waals surface area contributed by atoms with Gasteiger partial charge in [-0.2, -0.15) is 13.2 Å². The molecule has 0 amide bonds. The Kier molecular flexibility index (Phi) is 7.96. The van der Waals surface area contributed by atoms with Crippen LogP contribution in [0.25, 0.3) is 0 Å². The van der Waals surface area contributed by atoms with Gasteiger partial charge in [-0.1, -0.05) is 17.3 Å². The predicted octanol–water partition coefficient (Wildman–Crippen LogP) is 4.64. The summed E-state index contributed by atoms with van der Waals surface area (Å²) < 4.78 is 51.0. The van der Waals surface area contributed by atoms with Gasteiger partial charge in [-0.25, -0.2) is 4.68 Å². The van der Waals surface area contributed by atoms with E-state index in [0.29, 0.717) is 28.8 Å². The lowest BCUT2D eigenvalue weighted by molar-refractivity contribution is -0.137. The molecule has 35 heavy (non-hydrogen) atoms. The molecule has 1 fully saturated rings. The SMILES string of the molecule is CC(=NOCc1ccc(C(F)(F)F)cc1)c1ccc(OCc2nnnn2CC2CCOCC2)cc1. The third-order valence-electron chi connectivity index (χ3n) is 5.73. The van der Waals surface area contributed by atoms with Crippen LogP contribution >= 0.6 is 0 Å². The van der Waals surface area contributed by atoms with E-state index in [-0.39, 0.29) is 13.2 Å². The van der Waals surface area contributed by atoms with E-state index in [1.165, 1.54) is 12.1 Å². The van der Waals surface area contributed by atoms with Crippen molar-refractivity contribution in [2.24, 2.45) is 11.1 Å². The van der Waals surface area contributed by atoms with Crippen LogP contribution in [0.15, 0.2) is 53.7 Å². The van der Waals surface area contributed by atoms with Gasteiger partial charge in [-0.15, -0.1) is 5.10 Å². The quantitative estimate of drug-likeness (QED) is 0.322. The highest BCUT2D eigenvalue weighted by Gasteiger charge is 2.29. The molecule has 1 aromatic heterocycles. The van der Waals surface area contributed by atoms with Gasteiger partial charge in [0.1, 0.15) is 19.0 Å². The van der Waals surface area contributed by atoms with Crippen molar-refractivity contribution in [1.82, 2.24) is 20.2 Å². The third-order valence-corrected chi connectivity index (χ3v) is 5.73. The van der Waals surface area contributed by atoms with Crippen LogP contribution in [-0.4, -0.2) is 39.1 Å². The van der Waals surface area contributed by atoms with E-state index in [9.17, 15) is 13.2 Å². The highest BCUT2D eigenvalue weighted by Crippen LogP contribution is 2.29. The van der Waals surface area contributed by atoms with Crippen molar-refractivity contribution in [1.29, 1.82) is 0 Å². The molecule has 0 saturated carbocycles. The summed E-state index contributed by atoms with van der Waals surface area (Å²) in [5.74, 6) is 1.82. The molecule has 2 heterocycles. The summed E-state index contributed by atoms with van der Waals surface area (Å²) in [6, 6.07) is 12.1. The molecule has 1 aliphatic rings. The molecule has 4 rings (SSSR count). The highest BCUT2D eigenvalue weighted by atomic mass is 19.4. The van der Waals surface area contributed by atoms with Gasteiger partial charge in [0.15, 0.2) is 5.82 Å². The first-order valence-electron chi connectivity index (χ1n) is 11.3. The number of hydrogen-bond donors (Lipinski definition) is 0. The van der Waals surface area contributed by atoms with Crippen LogP contribution in [0.4, 0.5) is 13.2 Å². The van der Waals surface area contributed by atoms with E-state index in [0.717, 1.165) is 50.3 Å². The van der Waals surface area contributed by atoms with Gasteiger partial charge in [0.2, 0.25) is 0 Å². The molecule has 0 bridgehead atoms. The number of rotatable bonds is 9. The summed E-state index contributed by atoms with van der Waals surface area (Å²) in [6.07, 6.45) is -2.36. The van der Waals surface area contributed by atoms with Crippen LogP contribution in [0.3, 0.4) is 0 Å². The van der Waals surface area contributed by atoms with Crippen molar-refractivity contribution in [3.05, 3.63) is 71.0 Å². The van der Waals surface area contributed by atoms with E-state index in [2.05, 4.69) is 20.7 Å². The van der Waals surface area contributed by atoms with Gasteiger partial charge < -0.3 is 14.3 Å². The molecule has 8 nitrogen and oxygen atoms in total. The highest BCUT2D eigenvalue weighted by molar-refractivity contribution is 5.98. The van der Waals surface area contributed by atoms with Gasteiger partial charge in [0.25, 0.3) is 0 Å². The zero-order valence-corrected chi connectivity index (χ0v) is 19.2. The van der Waals surface area contributed by atoms with Crippen LogP contribution in [0.1, 0.15) is 42.3 Å². The fourth-order valence-electron chi connectivity index (χ4n) is 3.63. The zero-order chi connectivity index (χ0) is 24.7. The molecule has 11 heteroatoms. The first-order valence-corrected chi connectivity index (χ1v) is 11.3. The average Bonchev–Trinajstić information content (AvgIpc) is 3.30. The number of ether oxygens (including phenoxy) is 2. The summed E-state index contributed by atoms with van der Waals surface area (Å²) >= 11 is 0. The Morgan fingerprint density at radius 1 is 1.06 bits per heavy atom. The summed E-state index contributed by atoms with van der Waals surface area (Å²) in [6.45, 7) is 4.39. The summed E-state index contributed by atoms with van der Waals surface area (Å²) in [4.78, 5) is 5.31. The second-order valence-corrected chi connectivity index (χ2v) is 8.29. The van der Waals surface area contributed by atoms with Crippen LogP contribution in [0.5, 0.6) is 5.75 Å². The van der Waals surface area contributed by atoms with Crippen LogP contribution in [-0.2, 0) is 35.5 Å². The molecule has 0 atom stereocenters. The van der Waals surface area contributed by atoms with Crippen LogP contribution < -0.4 is 4.74 Å². The molecule has 1 aliphatic heterocycles. The topological polar surface area (TPSA) is 83.7 Å². The maximum Gasteiger partial charge on any atom is 0.416 e. The second kappa shape index (κ2) is 11.3. The van der Waals surface area contributed by atoms with E-state index in [4.69, 9.17) is 14.3 Å². The minimum absolute atomic E-state index is 0.0687. The number of tetrazole rings is 1. The number of aromatic nitrogens is 4. The lowest BCUT2D eigenvalue weighted by Crippen LogP contribution is -2.22. The van der Waals surface area contributed by atoms with E-state index in [1.807, 2.05) is 24.3 Å². The standard InChI is InChI=1S/C24H26F3N5O3/c1-17(29-35-15-19-2-6-21(7-3-19)24(25,26)27)20-4-8-22(9-5-20)34-16-23-28-30-31-32(23)14-18-10-12-33-13-11-18/h2-9,18H,10-16H2,1H3. The van der Waals surface area contributed by atoms with Crippen molar-refractivity contribution >= 4 is 5.71 Å². The third kappa shape index (κ3) is 7.01. The number of benzene rings is 2. The molecule has 0 aliphatic carbocycles. The number of oxime groups is 1. The van der Waals surface area contributed by atoms with E-state index < -0.39 is 11.7 Å². The number of nitrogens with zero attached hydrogens (tertiary/aromatic N) is 5. The first kappa shape index (κ1) is 24.6. The minimum atomic E-state index is -4.36. The monoisotopic (exact) mass is 489 g/mol. The summed E-state index contributed by atoms with van der Waals surface area (Å²) in [5, 5.41) is 16.0. The van der Waals surface area contributed by atoms with Crippen molar-refractivity contribution in [2.45, 2.75) is 45.7 Å². The van der Waals surface area contributed by atoms with Gasteiger partial charge in [-0.05, 0) is 83.6 Å². The smallest absolute Gasteiger partial charge is 0.416 e. The average molecular weight is 489 g/mol. The van der Waals surface area contributed by atoms with Gasteiger partial charge in [0.05, 0.1) is 11.3 Å². The molecule has 0 spiro atoms. The normalized spacial score (nSPS) is 15.3. The number of alkyl halides is 3. The lowest BCUT2D eigenvalue weighted by atomic mass is 10.0. The van der Waals surface area contributed by atoms with Crippen molar-refractivity contribution in [2.75, 3.05) is 13.2 Å². The maximum atomic E-state index is 12.6. The Morgan fingerprint density at radius 2 is 1.77 bits per heavy atom. The van der Waals surface area contributed by atoms with Crippen molar-refractivity contribution < 1.29 is 27.5 Å². The van der Waals surface area contributed by atoms with Gasteiger partial charge in [0, 0.05) is 19.8 Å². The Hall–Kier alpha value is -3.47. The first-order chi connectivity index (χ1) is 16.9. The molecule has 0 radical (unpaired) electrons. The van der Waals surface area contributed by atoms with E-state index in [1.54, 1.807) is 11.6 Å². The summed E-state index contributed by atoms with van der Waals surface area (Å²) in [5.41, 5.74) is 1.36. The van der Waals surface area contributed by atoms with Gasteiger partial charge >= 0.3 is 6.18 Å². The van der Waals surface area contributed by atoms with Crippen LogP contribution in [0.2, 0.25) is 0 Å². The number of halogens is 3. The molecule has 0 N–H and O–H groups in total. The fourth-order valence-corrected chi connectivity index (χ4v) is 3.63. The van der Waals surface area contributed by atoms with Gasteiger partial charge in [-0.3, -0.25) is 0 Å². The fraction of sp³-hybridized carbons (Fsp3) is 0.417. The summed E-state index contributed by atoms with van der Waals surface area (Å²) in [7, 11) is 0. The predicted molar refractivity (Wildman–Crippen MR) is 121 cm³/mol. The molecular weight excluding hydrogens is 463 g/mol. The Bertz CT molecular complexity index is 1110. The maximum absolute atomic E-state index is 12.6. The Balaban J connectivity index is 1.26. The minimum Gasteiger partial charge on any atom is -0.486 e. The van der Waals surface area contributed by atoms with Crippen molar-refractivity contribution in [3.8, 4) is 5.75 Å². The Labute approximate surface area is 200 Å².